The van der Waals surface area contributed by atoms with Crippen LogP contribution in [0.4, 0.5) is 11.4 Å². The molecule has 3 amide bonds. The van der Waals surface area contributed by atoms with Crippen LogP contribution >= 0.6 is 0 Å². The summed E-state index contributed by atoms with van der Waals surface area (Å²) in [5.41, 5.74) is 1.87. The molecule has 0 saturated carbocycles. The number of likely N-dealkylation sites (tertiary alicyclic amines) is 1. The van der Waals surface area contributed by atoms with Gasteiger partial charge in [-0.25, -0.2) is 0 Å². The monoisotopic (exact) mass is 377 g/mol. The molecule has 0 aromatic heterocycles. The normalized spacial score (nSPS) is 19.1. The van der Waals surface area contributed by atoms with Crippen LogP contribution in [0, 0.1) is 0 Å². The molecule has 2 fully saturated rings. The maximum atomic E-state index is 12.9. The molecule has 1 atom stereocenters. The smallest absolute Gasteiger partial charge is 0.253 e. The molecule has 0 bridgehead atoms. The van der Waals surface area contributed by atoms with Crippen LogP contribution in [-0.2, 0) is 9.59 Å². The zero-order chi connectivity index (χ0) is 19.5. The quantitative estimate of drug-likeness (QED) is 0.890. The third-order valence-electron chi connectivity index (χ3n) is 5.32. The van der Waals surface area contributed by atoms with Crippen molar-refractivity contribution in [2.24, 2.45) is 0 Å². The number of hydrogen-bond donors (Lipinski definition) is 1. The van der Waals surface area contributed by atoms with Crippen molar-refractivity contribution in [3.05, 3.63) is 60.2 Å². The van der Waals surface area contributed by atoms with Crippen molar-refractivity contribution < 1.29 is 14.4 Å². The molecule has 1 unspecified atom stereocenters. The van der Waals surface area contributed by atoms with E-state index in [4.69, 9.17) is 0 Å². The number of hydrogen-bond acceptors (Lipinski definition) is 3. The molecule has 2 aromatic carbocycles. The molecule has 0 spiro atoms. The van der Waals surface area contributed by atoms with E-state index < -0.39 is 6.04 Å². The first kappa shape index (κ1) is 18.2. The summed E-state index contributed by atoms with van der Waals surface area (Å²) in [7, 11) is 0. The molecule has 2 aliphatic heterocycles. The standard InChI is InChI=1S/C22H23N3O3/c26-20-12-11-19(25(20)18-9-2-1-3-10-18)21(27)23-17-8-6-7-16(15-17)22(28)24-13-4-5-14-24/h1-3,6-10,15,19H,4-5,11-14H2,(H,23,27). The zero-order valence-corrected chi connectivity index (χ0v) is 15.6. The van der Waals surface area contributed by atoms with Gasteiger partial charge in [0.25, 0.3) is 5.91 Å². The number of nitrogens with zero attached hydrogens (tertiary/aromatic N) is 2. The highest BCUT2D eigenvalue weighted by molar-refractivity contribution is 6.08. The number of carbonyl (C=O) groups is 3. The summed E-state index contributed by atoms with van der Waals surface area (Å²) in [4.78, 5) is 41.2. The lowest BCUT2D eigenvalue weighted by Gasteiger charge is -2.24. The van der Waals surface area contributed by atoms with Crippen molar-refractivity contribution in [3.63, 3.8) is 0 Å². The molecular weight excluding hydrogens is 354 g/mol. The van der Waals surface area contributed by atoms with Crippen LogP contribution in [0.1, 0.15) is 36.0 Å². The van der Waals surface area contributed by atoms with Gasteiger partial charge in [-0.05, 0) is 49.6 Å². The molecule has 2 heterocycles. The molecule has 0 radical (unpaired) electrons. The van der Waals surface area contributed by atoms with Crippen LogP contribution in [-0.4, -0.2) is 41.8 Å². The van der Waals surface area contributed by atoms with Gasteiger partial charge in [-0.1, -0.05) is 24.3 Å². The maximum Gasteiger partial charge on any atom is 0.253 e. The number of para-hydroxylation sites is 1. The van der Waals surface area contributed by atoms with E-state index >= 15 is 0 Å². The molecule has 0 aliphatic carbocycles. The summed E-state index contributed by atoms with van der Waals surface area (Å²) in [6.07, 6.45) is 2.90. The minimum atomic E-state index is -0.548. The lowest BCUT2D eigenvalue weighted by Crippen LogP contribution is -2.41. The van der Waals surface area contributed by atoms with Crippen molar-refractivity contribution in [2.45, 2.75) is 31.7 Å². The van der Waals surface area contributed by atoms with E-state index in [1.54, 1.807) is 29.2 Å². The predicted molar refractivity (Wildman–Crippen MR) is 107 cm³/mol. The van der Waals surface area contributed by atoms with E-state index in [0.29, 0.717) is 24.1 Å². The summed E-state index contributed by atoms with van der Waals surface area (Å²) >= 11 is 0. The predicted octanol–water partition coefficient (Wildman–Crippen LogP) is 3.06. The zero-order valence-electron chi connectivity index (χ0n) is 15.6. The average Bonchev–Trinajstić information content (AvgIpc) is 3.38. The van der Waals surface area contributed by atoms with E-state index in [1.807, 2.05) is 35.2 Å². The van der Waals surface area contributed by atoms with Crippen LogP contribution in [0.2, 0.25) is 0 Å². The summed E-state index contributed by atoms with van der Waals surface area (Å²) in [5.74, 6) is -0.291. The molecule has 1 N–H and O–H groups in total. The Hall–Kier alpha value is -3.15. The van der Waals surface area contributed by atoms with E-state index in [-0.39, 0.29) is 17.7 Å². The van der Waals surface area contributed by atoms with Crippen LogP contribution < -0.4 is 10.2 Å². The van der Waals surface area contributed by atoms with E-state index in [9.17, 15) is 14.4 Å². The maximum absolute atomic E-state index is 12.9. The van der Waals surface area contributed by atoms with Gasteiger partial charge in [-0.3, -0.25) is 19.3 Å². The number of amides is 3. The van der Waals surface area contributed by atoms with Gasteiger partial charge in [0, 0.05) is 36.4 Å². The number of anilines is 2. The second-order valence-corrected chi connectivity index (χ2v) is 7.22. The Balaban J connectivity index is 1.49. The summed E-state index contributed by atoms with van der Waals surface area (Å²) in [6, 6.07) is 15.7. The van der Waals surface area contributed by atoms with Gasteiger partial charge in [-0.15, -0.1) is 0 Å². The van der Waals surface area contributed by atoms with Crippen molar-refractivity contribution in [1.82, 2.24) is 4.90 Å². The first-order valence-corrected chi connectivity index (χ1v) is 9.71. The van der Waals surface area contributed by atoms with Crippen molar-refractivity contribution in [1.29, 1.82) is 0 Å². The third kappa shape index (κ3) is 3.63. The average molecular weight is 377 g/mol. The lowest BCUT2D eigenvalue weighted by molar-refractivity contribution is -0.120. The van der Waals surface area contributed by atoms with E-state index in [0.717, 1.165) is 31.6 Å². The Morgan fingerprint density at radius 1 is 0.964 bits per heavy atom. The van der Waals surface area contributed by atoms with Gasteiger partial charge in [0.2, 0.25) is 11.8 Å². The molecular formula is C22H23N3O3. The van der Waals surface area contributed by atoms with Crippen LogP contribution in [0.5, 0.6) is 0 Å². The minimum Gasteiger partial charge on any atom is -0.339 e. The molecule has 28 heavy (non-hydrogen) atoms. The van der Waals surface area contributed by atoms with Crippen LogP contribution in [0.25, 0.3) is 0 Å². The fourth-order valence-electron chi connectivity index (χ4n) is 3.90. The number of nitrogens with one attached hydrogen (secondary N) is 1. The van der Waals surface area contributed by atoms with Crippen LogP contribution in [0.15, 0.2) is 54.6 Å². The van der Waals surface area contributed by atoms with Gasteiger partial charge in [0.15, 0.2) is 0 Å². The summed E-state index contributed by atoms with van der Waals surface area (Å²) in [6.45, 7) is 1.57. The Morgan fingerprint density at radius 2 is 1.71 bits per heavy atom. The van der Waals surface area contributed by atoms with Gasteiger partial charge in [0.05, 0.1) is 0 Å². The molecule has 2 aliphatic rings. The molecule has 2 saturated heterocycles. The minimum absolute atomic E-state index is 0.00412. The molecule has 4 rings (SSSR count). The Labute approximate surface area is 164 Å². The fourth-order valence-corrected chi connectivity index (χ4v) is 3.90. The summed E-state index contributed by atoms with van der Waals surface area (Å²) in [5, 5.41) is 2.89. The topological polar surface area (TPSA) is 69.7 Å². The van der Waals surface area contributed by atoms with E-state index in [2.05, 4.69) is 5.32 Å². The van der Waals surface area contributed by atoms with Gasteiger partial charge in [-0.2, -0.15) is 0 Å². The molecule has 6 nitrogen and oxygen atoms in total. The number of benzene rings is 2. The highest BCUT2D eigenvalue weighted by Gasteiger charge is 2.37. The molecule has 2 aromatic rings. The van der Waals surface area contributed by atoms with Gasteiger partial charge >= 0.3 is 0 Å². The van der Waals surface area contributed by atoms with Crippen molar-refractivity contribution in [3.8, 4) is 0 Å². The third-order valence-corrected chi connectivity index (χ3v) is 5.32. The SMILES string of the molecule is O=C(Nc1cccc(C(=O)N2CCCC2)c1)C1CCC(=O)N1c1ccccc1. The summed E-state index contributed by atoms with van der Waals surface area (Å²) < 4.78 is 0. The second kappa shape index (κ2) is 7.84. The lowest BCUT2D eigenvalue weighted by atomic mass is 10.1. The Morgan fingerprint density at radius 3 is 2.46 bits per heavy atom. The van der Waals surface area contributed by atoms with Gasteiger partial charge in [0.1, 0.15) is 6.04 Å². The van der Waals surface area contributed by atoms with Gasteiger partial charge < -0.3 is 10.2 Å². The Bertz CT molecular complexity index is 891. The molecule has 144 valence electrons. The number of carbonyl (C=O) groups excluding carboxylic acids is 3. The second-order valence-electron chi connectivity index (χ2n) is 7.22. The fraction of sp³-hybridized carbons (Fsp3) is 0.318. The highest BCUT2D eigenvalue weighted by Crippen LogP contribution is 2.27. The highest BCUT2D eigenvalue weighted by atomic mass is 16.2. The van der Waals surface area contributed by atoms with Crippen LogP contribution in [0.3, 0.4) is 0 Å². The Kier molecular flexibility index (Phi) is 5.10. The largest absolute Gasteiger partial charge is 0.339 e. The number of rotatable bonds is 4. The molecule has 6 heteroatoms. The van der Waals surface area contributed by atoms with Crippen molar-refractivity contribution >= 4 is 29.1 Å². The van der Waals surface area contributed by atoms with E-state index in [1.165, 1.54) is 0 Å². The van der Waals surface area contributed by atoms with Crippen molar-refractivity contribution in [2.75, 3.05) is 23.3 Å². The first-order chi connectivity index (χ1) is 13.6. The first-order valence-electron chi connectivity index (χ1n) is 9.71.